The van der Waals surface area contributed by atoms with Crippen molar-refractivity contribution in [3.8, 4) is 17.1 Å². The van der Waals surface area contributed by atoms with Gasteiger partial charge in [0.15, 0.2) is 11.6 Å². The molecule has 0 spiro atoms. The van der Waals surface area contributed by atoms with Crippen LogP contribution in [0.3, 0.4) is 0 Å². The van der Waals surface area contributed by atoms with Gasteiger partial charge in [-0.15, -0.1) is 0 Å². The molecule has 0 atom stereocenters. The number of hydrogen-bond donors (Lipinski definition) is 3. The normalized spacial score (nSPS) is 10.6. The zero-order valence-corrected chi connectivity index (χ0v) is 18.7. The number of carbonyl (C=O) groups excluding carboxylic acids is 1. The first kappa shape index (κ1) is 21.9. The van der Waals surface area contributed by atoms with Gasteiger partial charge in [-0.25, -0.2) is 9.97 Å². The number of H-pyrrole nitrogens is 1. The van der Waals surface area contributed by atoms with Gasteiger partial charge in [-0.1, -0.05) is 12.1 Å². The Morgan fingerprint density at radius 1 is 1.03 bits per heavy atom. The quantitative estimate of drug-likeness (QED) is 0.377. The third-order valence-electron chi connectivity index (χ3n) is 4.76. The molecule has 0 unspecified atom stereocenters. The Hall–Kier alpha value is -4.27. The van der Waals surface area contributed by atoms with Crippen molar-refractivity contribution >= 4 is 17.5 Å². The van der Waals surface area contributed by atoms with Gasteiger partial charge in [0.25, 0.3) is 5.91 Å². The van der Waals surface area contributed by atoms with E-state index in [-0.39, 0.29) is 5.91 Å². The Kier molecular flexibility index (Phi) is 6.58. The maximum atomic E-state index is 12.5. The summed E-state index contributed by atoms with van der Waals surface area (Å²) in [4.78, 5) is 25.8. The number of rotatable bonds is 8. The lowest BCUT2D eigenvalue weighted by atomic mass is 10.2. The third kappa shape index (κ3) is 5.70. The Balaban J connectivity index is 1.41. The fourth-order valence-corrected chi connectivity index (χ4v) is 3.18. The van der Waals surface area contributed by atoms with Gasteiger partial charge in [-0.2, -0.15) is 5.10 Å². The lowest BCUT2D eigenvalue weighted by Crippen LogP contribution is -2.23. The van der Waals surface area contributed by atoms with Gasteiger partial charge < -0.3 is 15.4 Å². The van der Waals surface area contributed by atoms with Crippen molar-refractivity contribution in [3.63, 3.8) is 0 Å². The summed E-state index contributed by atoms with van der Waals surface area (Å²) in [5.41, 5.74) is 3.76. The minimum absolute atomic E-state index is 0.253. The second-order valence-electron chi connectivity index (χ2n) is 7.47. The van der Waals surface area contributed by atoms with Crippen LogP contribution in [0.1, 0.15) is 34.4 Å². The van der Waals surface area contributed by atoms with Crippen LogP contribution in [-0.2, 0) is 6.54 Å². The van der Waals surface area contributed by atoms with Crippen LogP contribution >= 0.6 is 0 Å². The maximum Gasteiger partial charge on any atom is 0.270 e. The molecule has 0 bridgehead atoms. The SMILES string of the molecule is CCOc1ccc(CNC(=O)c2ccc(-c3nc(C)cc(Nc4cc(C)[nH]n4)n3)cn2)cc1. The standard InChI is InChI=1S/C24H25N7O2/c1-4-33-19-8-5-17(6-9-19)13-26-24(32)20-10-7-18(14-25-20)23-27-15(2)11-21(29-23)28-22-12-16(3)30-31-22/h5-12,14H,4,13H2,1-3H3,(H,26,32)(H2,27,28,29,30,31). The molecule has 9 nitrogen and oxygen atoms in total. The average molecular weight is 444 g/mol. The van der Waals surface area contributed by atoms with Crippen LogP contribution in [0.4, 0.5) is 11.6 Å². The fourth-order valence-electron chi connectivity index (χ4n) is 3.18. The largest absolute Gasteiger partial charge is 0.494 e. The second kappa shape index (κ2) is 9.90. The fraction of sp³-hybridized carbons (Fsp3) is 0.208. The summed E-state index contributed by atoms with van der Waals surface area (Å²) < 4.78 is 5.43. The first-order valence-corrected chi connectivity index (χ1v) is 10.6. The molecule has 3 aromatic heterocycles. The number of aromatic amines is 1. The Bertz CT molecular complexity index is 1230. The van der Waals surface area contributed by atoms with Crippen LogP contribution in [0.5, 0.6) is 5.75 Å². The number of carbonyl (C=O) groups is 1. The zero-order valence-electron chi connectivity index (χ0n) is 18.7. The van der Waals surface area contributed by atoms with Crippen molar-refractivity contribution < 1.29 is 9.53 Å². The molecule has 0 aliphatic carbocycles. The smallest absolute Gasteiger partial charge is 0.270 e. The molecule has 3 N–H and O–H groups in total. The highest BCUT2D eigenvalue weighted by Crippen LogP contribution is 2.20. The number of amides is 1. The van der Waals surface area contributed by atoms with E-state index < -0.39 is 0 Å². The molecule has 9 heteroatoms. The summed E-state index contributed by atoms with van der Waals surface area (Å²) in [6.07, 6.45) is 1.60. The maximum absolute atomic E-state index is 12.5. The highest BCUT2D eigenvalue weighted by Gasteiger charge is 2.11. The number of hydrogen-bond acceptors (Lipinski definition) is 7. The number of aryl methyl sites for hydroxylation is 2. The van der Waals surface area contributed by atoms with E-state index in [0.717, 1.165) is 22.7 Å². The van der Waals surface area contributed by atoms with Crippen molar-refractivity contribution in [3.05, 3.63) is 77.4 Å². The molecule has 1 aromatic carbocycles. The predicted molar refractivity (Wildman–Crippen MR) is 125 cm³/mol. The summed E-state index contributed by atoms with van der Waals surface area (Å²) in [5, 5.41) is 13.1. The van der Waals surface area contributed by atoms with Gasteiger partial charge in [-0.3, -0.25) is 14.9 Å². The molecule has 4 rings (SSSR count). The van der Waals surface area contributed by atoms with Crippen molar-refractivity contribution in [1.82, 2.24) is 30.5 Å². The molecular formula is C24H25N7O2. The van der Waals surface area contributed by atoms with Crippen LogP contribution in [0, 0.1) is 13.8 Å². The van der Waals surface area contributed by atoms with Crippen molar-refractivity contribution in [2.24, 2.45) is 0 Å². The Labute approximate surface area is 191 Å². The van der Waals surface area contributed by atoms with Gasteiger partial charge in [-0.05, 0) is 50.6 Å². The molecule has 33 heavy (non-hydrogen) atoms. The van der Waals surface area contributed by atoms with E-state index in [1.54, 1.807) is 18.3 Å². The summed E-state index contributed by atoms with van der Waals surface area (Å²) >= 11 is 0. The minimum atomic E-state index is -0.253. The summed E-state index contributed by atoms with van der Waals surface area (Å²) in [5.74, 6) is 2.37. The number of aromatic nitrogens is 5. The summed E-state index contributed by atoms with van der Waals surface area (Å²) in [7, 11) is 0. The molecule has 0 saturated carbocycles. The molecule has 3 heterocycles. The van der Waals surface area contributed by atoms with E-state index >= 15 is 0 Å². The first-order chi connectivity index (χ1) is 16.0. The minimum Gasteiger partial charge on any atom is -0.494 e. The monoisotopic (exact) mass is 443 g/mol. The van der Waals surface area contributed by atoms with E-state index in [1.807, 2.05) is 57.2 Å². The summed E-state index contributed by atoms with van der Waals surface area (Å²) in [6, 6.07) is 14.8. The number of nitrogens with one attached hydrogen (secondary N) is 3. The number of anilines is 2. The van der Waals surface area contributed by atoms with Gasteiger partial charge in [0.1, 0.15) is 17.3 Å². The van der Waals surface area contributed by atoms with Crippen LogP contribution < -0.4 is 15.4 Å². The molecular weight excluding hydrogens is 418 g/mol. The van der Waals surface area contributed by atoms with E-state index in [1.165, 1.54) is 0 Å². The van der Waals surface area contributed by atoms with Crippen molar-refractivity contribution in [2.45, 2.75) is 27.3 Å². The van der Waals surface area contributed by atoms with Crippen LogP contribution in [0.25, 0.3) is 11.4 Å². The van der Waals surface area contributed by atoms with E-state index in [2.05, 4.69) is 35.8 Å². The number of pyridine rings is 1. The second-order valence-corrected chi connectivity index (χ2v) is 7.47. The first-order valence-electron chi connectivity index (χ1n) is 10.6. The van der Waals surface area contributed by atoms with Gasteiger partial charge in [0.2, 0.25) is 0 Å². The Morgan fingerprint density at radius 2 is 1.85 bits per heavy atom. The third-order valence-corrected chi connectivity index (χ3v) is 4.76. The molecule has 0 radical (unpaired) electrons. The highest BCUT2D eigenvalue weighted by atomic mass is 16.5. The van der Waals surface area contributed by atoms with Crippen molar-refractivity contribution in [2.75, 3.05) is 11.9 Å². The number of benzene rings is 1. The highest BCUT2D eigenvalue weighted by molar-refractivity contribution is 5.92. The predicted octanol–water partition coefficient (Wildman–Crippen LogP) is 3.95. The van der Waals surface area contributed by atoms with Crippen molar-refractivity contribution in [1.29, 1.82) is 0 Å². The zero-order chi connectivity index (χ0) is 23.2. The van der Waals surface area contributed by atoms with Gasteiger partial charge in [0.05, 0.1) is 6.61 Å². The lowest BCUT2D eigenvalue weighted by molar-refractivity contribution is 0.0946. The molecule has 168 valence electrons. The molecule has 4 aromatic rings. The number of ether oxygens (including phenoxy) is 1. The van der Waals surface area contributed by atoms with E-state index in [4.69, 9.17) is 4.74 Å². The average Bonchev–Trinajstić information content (AvgIpc) is 3.22. The van der Waals surface area contributed by atoms with Gasteiger partial charge in [0, 0.05) is 41.8 Å². The molecule has 1 amide bonds. The molecule has 0 fully saturated rings. The van der Waals surface area contributed by atoms with Crippen LogP contribution in [0.15, 0.2) is 54.7 Å². The topological polar surface area (TPSA) is 118 Å². The summed E-state index contributed by atoms with van der Waals surface area (Å²) in [6.45, 7) is 6.78. The molecule has 0 saturated heterocycles. The van der Waals surface area contributed by atoms with E-state index in [9.17, 15) is 4.79 Å². The van der Waals surface area contributed by atoms with Gasteiger partial charge >= 0.3 is 0 Å². The molecule has 0 aliphatic rings. The van der Waals surface area contributed by atoms with E-state index in [0.29, 0.717) is 41.9 Å². The number of nitrogens with zero attached hydrogens (tertiary/aromatic N) is 4. The van der Waals surface area contributed by atoms with Crippen LogP contribution in [-0.4, -0.2) is 37.7 Å². The Morgan fingerprint density at radius 3 is 2.52 bits per heavy atom. The van der Waals surface area contributed by atoms with Crippen LogP contribution in [0.2, 0.25) is 0 Å². The molecule has 0 aliphatic heterocycles. The lowest BCUT2D eigenvalue weighted by Gasteiger charge is -2.08.